The maximum atomic E-state index is 13.1. The number of hydrogen-bond acceptors (Lipinski definition) is 3. The Morgan fingerprint density at radius 3 is 2.90 bits per heavy atom. The van der Waals surface area contributed by atoms with Gasteiger partial charge in [-0.3, -0.25) is 10.9 Å². The van der Waals surface area contributed by atoms with Gasteiger partial charge in [0, 0.05) is 18.2 Å². The van der Waals surface area contributed by atoms with Gasteiger partial charge in [-0.15, -0.1) is 0 Å². The van der Waals surface area contributed by atoms with Gasteiger partial charge in [-0.2, -0.15) is 0 Å². The van der Waals surface area contributed by atoms with Gasteiger partial charge in [-0.25, -0.2) is 14.2 Å². The topological polar surface area (TPSA) is 66.0 Å². The standard InChI is InChI=1S/C15H15FN4O/c16-11-5-3-4-10(8-11)12-9-13(12)18-15(21)20-19-14-6-1-2-7-17-14/h1-8,12-13H,9H2,(H,17,19)(H2,18,20,21)/t12-,13-/m1/s1. The Labute approximate surface area is 121 Å². The Morgan fingerprint density at radius 1 is 1.24 bits per heavy atom. The number of aromatic nitrogens is 1. The number of hydrogen-bond donors (Lipinski definition) is 3. The second-order valence-electron chi connectivity index (χ2n) is 4.94. The molecule has 21 heavy (non-hydrogen) atoms. The normalized spacial score (nSPS) is 19.7. The zero-order chi connectivity index (χ0) is 14.7. The van der Waals surface area contributed by atoms with E-state index in [9.17, 15) is 9.18 Å². The lowest BCUT2D eigenvalue weighted by atomic mass is 10.1. The van der Waals surface area contributed by atoms with Crippen LogP contribution in [0, 0.1) is 5.82 Å². The maximum absolute atomic E-state index is 13.1. The molecule has 0 aliphatic heterocycles. The largest absolute Gasteiger partial charge is 0.333 e. The summed E-state index contributed by atoms with van der Waals surface area (Å²) in [7, 11) is 0. The summed E-state index contributed by atoms with van der Waals surface area (Å²) in [6, 6.07) is 11.5. The minimum Gasteiger partial charge on any atom is -0.333 e. The predicted molar refractivity (Wildman–Crippen MR) is 77.1 cm³/mol. The number of carbonyl (C=O) groups is 1. The Bertz CT molecular complexity index is 635. The highest BCUT2D eigenvalue weighted by Crippen LogP contribution is 2.40. The highest BCUT2D eigenvalue weighted by atomic mass is 19.1. The molecule has 1 aliphatic carbocycles. The van der Waals surface area contributed by atoms with Gasteiger partial charge in [0.05, 0.1) is 0 Å². The fraction of sp³-hybridized carbons (Fsp3) is 0.200. The number of nitrogens with zero attached hydrogens (tertiary/aromatic N) is 1. The summed E-state index contributed by atoms with van der Waals surface area (Å²) in [5, 5.41) is 2.83. The SMILES string of the molecule is O=C(NNc1ccccn1)N[C@@H]1C[C@@H]1c1cccc(F)c1. The average Bonchev–Trinajstić information content (AvgIpc) is 3.25. The van der Waals surface area contributed by atoms with Crippen LogP contribution in [0.25, 0.3) is 0 Å². The van der Waals surface area contributed by atoms with Gasteiger partial charge in [0.2, 0.25) is 0 Å². The molecular weight excluding hydrogens is 271 g/mol. The summed E-state index contributed by atoms with van der Waals surface area (Å²) < 4.78 is 13.1. The first-order valence-electron chi connectivity index (χ1n) is 6.71. The number of rotatable bonds is 4. The summed E-state index contributed by atoms with van der Waals surface area (Å²) in [5.74, 6) is 0.492. The van der Waals surface area contributed by atoms with E-state index in [1.165, 1.54) is 12.1 Å². The van der Waals surface area contributed by atoms with E-state index in [-0.39, 0.29) is 23.8 Å². The first-order chi connectivity index (χ1) is 10.2. The Morgan fingerprint density at radius 2 is 2.14 bits per heavy atom. The number of anilines is 1. The molecule has 3 N–H and O–H groups in total. The molecule has 2 atom stereocenters. The van der Waals surface area contributed by atoms with Crippen molar-refractivity contribution in [1.29, 1.82) is 0 Å². The fourth-order valence-electron chi connectivity index (χ4n) is 2.22. The highest BCUT2D eigenvalue weighted by Gasteiger charge is 2.39. The van der Waals surface area contributed by atoms with Crippen LogP contribution in [0.4, 0.5) is 15.0 Å². The summed E-state index contributed by atoms with van der Waals surface area (Å²) in [6.45, 7) is 0. The maximum Gasteiger partial charge on any atom is 0.333 e. The smallest absolute Gasteiger partial charge is 0.333 e. The van der Waals surface area contributed by atoms with E-state index in [1.807, 2.05) is 12.1 Å². The third-order valence-electron chi connectivity index (χ3n) is 3.35. The molecule has 0 saturated heterocycles. The monoisotopic (exact) mass is 286 g/mol. The molecule has 2 amide bonds. The molecule has 6 heteroatoms. The molecule has 0 bridgehead atoms. The van der Waals surface area contributed by atoms with Crippen molar-refractivity contribution in [2.45, 2.75) is 18.4 Å². The molecule has 0 radical (unpaired) electrons. The summed E-state index contributed by atoms with van der Waals surface area (Å²) in [5.41, 5.74) is 6.14. The number of hydrazine groups is 1. The van der Waals surface area contributed by atoms with E-state index in [2.05, 4.69) is 21.2 Å². The van der Waals surface area contributed by atoms with Gasteiger partial charge >= 0.3 is 6.03 Å². The lowest BCUT2D eigenvalue weighted by Gasteiger charge is -2.09. The van der Waals surface area contributed by atoms with E-state index >= 15 is 0 Å². The van der Waals surface area contributed by atoms with E-state index < -0.39 is 0 Å². The quantitative estimate of drug-likeness (QED) is 0.756. The van der Waals surface area contributed by atoms with Crippen molar-refractivity contribution >= 4 is 11.8 Å². The van der Waals surface area contributed by atoms with Crippen LogP contribution in [0.5, 0.6) is 0 Å². The van der Waals surface area contributed by atoms with Crippen LogP contribution in [-0.2, 0) is 0 Å². The molecule has 1 aliphatic rings. The van der Waals surface area contributed by atoms with Crippen LogP contribution in [0.1, 0.15) is 17.9 Å². The van der Waals surface area contributed by atoms with Crippen LogP contribution in [0.2, 0.25) is 0 Å². The van der Waals surface area contributed by atoms with Crippen molar-refractivity contribution in [1.82, 2.24) is 15.7 Å². The second-order valence-corrected chi connectivity index (χ2v) is 4.94. The van der Waals surface area contributed by atoms with Crippen molar-refractivity contribution in [2.75, 3.05) is 5.43 Å². The van der Waals surface area contributed by atoms with Crippen molar-refractivity contribution in [3.05, 3.63) is 60.0 Å². The van der Waals surface area contributed by atoms with Gasteiger partial charge < -0.3 is 5.32 Å². The summed E-state index contributed by atoms with van der Waals surface area (Å²) in [6.07, 6.45) is 2.45. The van der Waals surface area contributed by atoms with E-state index in [0.717, 1.165) is 12.0 Å². The third kappa shape index (κ3) is 3.47. The van der Waals surface area contributed by atoms with E-state index in [1.54, 1.807) is 24.4 Å². The van der Waals surface area contributed by atoms with Crippen molar-refractivity contribution in [2.24, 2.45) is 0 Å². The minimum atomic E-state index is -0.329. The molecule has 2 aromatic rings. The molecule has 1 heterocycles. The summed E-state index contributed by atoms with van der Waals surface area (Å²) >= 11 is 0. The van der Waals surface area contributed by atoms with E-state index in [0.29, 0.717) is 5.82 Å². The first kappa shape index (κ1) is 13.4. The van der Waals surface area contributed by atoms with Gasteiger partial charge in [0.15, 0.2) is 0 Å². The highest BCUT2D eigenvalue weighted by molar-refractivity contribution is 5.76. The molecule has 108 valence electrons. The van der Waals surface area contributed by atoms with E-state index in [4.69, 9.17) is 0 Å². The van der Waals surface area contributed by atoms with Gasteiger partial charge in [-0.05, 0) is 36.2 Å². The zero-order valence-corrected chi connectivity index (χ0v) is 11.2. The fourth-order valence-corrected chi connectivity index (χ4v) is 2.22. The lowest BCUT2D eigenvalue weighted by Crippen LogP contribution is -2.40. The van der Waals surface area contributed by atoms with Gasteiger partial charge in [-0.1, -0.05) is 18.2 Å². The van der Waals surface area contributed by atoms with Crippen LogP contribution < -0.4 is 16.2 Å². The summed E-state index contributed by atoms with van der Waals surface area (Å²) in [4.78, 5) is 15.7. The lowest BCUT2D eigenvalue weighted by molar-refractivity contribution is 0.242. The molecule has 0 unspecified atom stereocenters. The zero-order valence-electron chi connectivity index (χ0n) is 11.2. The predicted octanol–water partition coefficient (Wildman–Crippen LogP) is 2.40. The molecule has 3 rings (SSSR count). The molecule has 1 aromatic heterocycles. The Balaban J connectivity index is 1.47. The first-order valence-corrected chi connectivity index (χ1v) is 6.71. The third-order valence-corrected chi connectivity index (χ3v) is 3.35. The number of carbonyl (C=O) groups excluding carboxylic acids is 1. The van der Waals surface area contributed by atoms with Crippen molar-refractivity contribution in [3.8, 4) is 0 Å². The number of halogens is 1. The number of pyridine rings is 1. The molecule has 5 nitrogen and oxygen atoms in total. The molecular formula is C15H15FN4O. The van der Waals surface area contributed by atoms with Crippen molar-refractivity contribution in [3.63, 3.8) is 0 Å². The van der Waals surface area contributed by atoms with Gasteiger partial charge in [0.25, 0.3) is 0 Å². The Kier molecular flexibility index (Phi) is 3.68. The second kappa shape index (κ2) is 5.78. The van der Waals surface area contributed by atoms with Crippen LogP contribution >= 0.6 is 0 Å². The van der Waals surface area contributed by atoms with Gasteiger partial charge in [0.1, 0.15) is 11.6 Å². The molecule has 1 fully saturated rings. The molecule has 1 saturated carbocycles. The molecule has 0 spiro atoms. The minimum absolute atomic E-state index is 0.0392. The van der Waals surface area contributed by atoms with Crippen LogP contribution in [0.3, 0.4) is 0 Å². The average molecular weight is 286 g/mol. The van der Waals surface area contributed by atoms with Crippen molar-refractivity contribution < 1.29 is 9.18 Å². The van der Waals surface area contributed by atoms with Crippen LogP contribution in [0.15, 0.2) is 48.7 Å². The number of benzene rings is 1. The number of urea groups is 1. The van der Waals surface area contributed by atoms with Crippen LogP contribution in [-0.4, -0.2) is 17.1 Å². The number of nitrogens with one attached hydrogen (secondary N) is 3. The Hall–Kier alpha value is -2.63. The molecule has 1 aromatic carbocycles. The number of amides is 2.